The van der Waals surface area contributed by atoms with E-state index in [2.05, 4.69) is 11.9 Å². The Morgan fingerprint density at radius 2 is 2.19 bits per heavy atom. The van der Waals surface area contributed by atoms with E-state index in [0.717, 1.165) is 12.8 Å². The summed E-state index contributed by atoms with van der Waals surface area (Å²) >= 11 is 0. The molecule has 2 aromatic rings. The first-order chi connectivity index (χ1) is 7.81. The Balaban J connectivity index is 2.31. The smallest absolute Gasteiger partial charge is 0.397 e. The Labute approximate surface area is 92.9 Å². The van der Waals surface area contributed by atoms with Crippen molar-refractivity contribution in [3.8, 4) is 6.08 Å². The van der Waals surface area contributed by atoms with Gasteiger partial charge in [0.1, 0.15) is 0 Å². The lowest BCUT2D eigenvalue weighted by molar-refractivity contribution is 0.213. The summed E-state index contributed by atoms with van der Waals surface area (Å²) in [6.07, 6.45) is 1.99. The second-order valence-electron chi connectivity index (χ2n) is 3.49. The van der Waals surface area contributed by atoms with Crippen molar-refractivity contribution >= 4 is 10.9 Å². The van der Waals surface area contributed by atoms with Gasteiger partial charge in [-0.05, 0) is 18.6 Å². The van der Waals surface area contributed by atoms with Gasteiger partial charge in [-0.3, -0.25) is 0 Å². The lowest BCUT2D eigenvalue weighted by Gasteiger charge is -2.02. The van der Waals surface area contributed by atoms with Crippen molar-refractivity contribution in [1.29, 1.82) is 0 Å². The highest BCUT2D eigenvalue weighted by Crippen LogP contribution is 2.11. The Morgan fingerprint density at radius 3 is 3.00 bits per heavy atom. The number of hydrogen-bond donors (Lipinski definition) is 0. The molecule has 0 unspecified atom stereocenters. The van der Waals surface area contributed by atoms with Crippen LogP contribution in [0.25, 0.3) is 10.9 Å². The predicted octanol–water partition coefficient (Wildman–Crippen LogP) is 2.37. The van der Waals surface area contributed by atoms with E-state index >= 15 is 0 Å². The minimum Gasteiger partial charge on any atom is -0.450 e. The number of benzene rings is 1. The van der Waals surface area contributed by atoms with E-state index in [1.807, 2.05) is 6.07 Å². The Kier molecular flexibility index (Phi) is 3.19. The maximum absolute atomic E-state index is 11.5. The molecular formula is C12H13NO3. The third kappa shape index (κ3) is 2.21. The molecule has 4 nitrogen and oxygen atoms in total. The first kappa shape index (κ1) is 10.7. The van der Waals surface area contributed by atoms with Gasteiger partial charge in [-0.15, -0.1) is 0 Å². The van der Waals surface area contributed by atoms with Crippen LogP contribution in [0.2, 0.25) is 0 Å². The normalized spacial score (nSPS) is 10.6. The number of nitrogens with zero attached hydrogens (tertiary/aromatic N) is 1. The van der Waals surface area contributed by atoms with Gasteiger partial charge in [-0.2, -0.15) is 4.98 Å². The summed E-state index contributed by atoms with van der Waals surface area (Å²) < 4.78 is 10.2. The van der Waals surface area contributed by atoms with Crippen LogP contribution < -0.4 is 10.4 Å². The largest absolute Gasteiger partial charge is 0.450 e. The molecule has 1 aromatic carbocycles. The maximum atomic E-state index is 11.5. The van der Waals surface area contributed by atoms with Crippen LogP contribution in [0.1, 0.15) is 19.8 Å². The van der Waals surface area contributed by atoms with Crippen LogP contribution in [0.4, 0.5) is 0 Å². The third-order valence-corrected chi connectivity index (χ3v) is 2.24. The molecule has 16 heavy (non-hydrogen) atoms. The average Bonchev–Trinajstić information content (AvgIpc) is 2.30. The summed E-state index contributed by atoms with van der Waals surface area (Å²) in [6, 6.07) is 7.05. The number of unbranched alkanes of at least 4 members (excludes halogenated alkanes) is 1. The minimum absolute atomic E-state index is 0.0529. The van der Waals surface area contributed by atoms with Gasteiger partial charge in [-0.1, -0.05) is 25.5 Å². The summed E-state index contributed by atoms with van der Waals surface area (Å²) in [5, 5.41) is 0.477. The second kappa shape index (κ2) is 4.79. The lowest BCUT2D eigenvalue weighted by Crippen LogP contribution is -2.05. The monoisotopic (exact) mass is 219 g/mol. The van der Waals surface area contributed by atoms with Crippen molar-refractivity contribution in [2.75, 3.05) is 6.61 Å². The van der Waals surface area contributed by atoms with Crippen LogP contribution in [0, 0.1) is 0 Å². The quantitative estimate of drug-likeness (QED) is 0.741. The highest BCUT2D eigenvalue weighted by atomic mass is 16.6. The zero-order valence-corrected chi connectivity index (χ0v) is 9.10. The molecule has 4 heteroatoms. The topological polar surface area (TPSA) is 52.3 Å². The molecule has 0 aliphatic carbocycles. The number of ether oxygens (including phenoxy) is 1. The Bertz CT molecular complexity index is 533. The summed E-state index contributed by atoms with van der Waals surface area (Å²) in [5.41, 5.74) is 0.197. The summed E-state index contributed by atoms with van der Waals surface area (Å²) in [4.78, 5) is 15.7. The fraction of sp³-hybridized carbons (Fsp3) is 0.333. The van der Waals surface area contributed by atoms with Gasteiger partial charge in [0.15, 0.2) is 0 Å². The van der Waals surface area contributed by atoms with Gasteiger partial charge in [-0.25, -0.2) is 4.79 Å². The molecule has 0 aliphatic heterocycles. The molecule has 2 rings (SSSR count). The van der Waals surface area contributed by atoms with Crippen LogP contribution >= 0.6 is 0 Å². The SMILES string of the molecule is CCCCOc1nc2ccccc2c(=O)o1. The molecule has 0 bridgehead atoms. The van der Waals surface area contributed by atoms with Crippen molar-refractivity contribution in [3.05, 3.63) is 34.7 Å². The predicted molar refractivity (Wildman–Crippen MR) is 60.7 cm³/mol. The van der Waals surface area contributed by atoms with E-state index in [1.54, 1.807) is 18.2 Å². The molecule has 0 amide bonds. The van der Waals surface area contributed by atoms with Gasteiger partial charge in [0, 0.05) is 0 Å². The Hall–Kier alpha value is -1.84. The summed E-state index contributed by atoms with van der Waals surface area (Å²) in [7, 11) is 0. The molecule has 1 aromatic heterocycles. The molecule has 84 valence electrons. The molecular weight excluding hydrogens is 206 g/mol. The number of hydrogen-bond acceptors (Lipinski definition) is 4. The van der Waals surface area contributed by atoms with Crippen molar-refractivity contribution in [3.63, 3.8) is 0 Å². The van der Waals surface area contributed by atoms with Gasteiger partial charge < -0.3 is 9.15 Å². The van der Waals surface area contributed by atoms with E-state index < -0.39 is 5.63 Å². The fourth-order valence-corrected chi connectivity index (χ4v) is 1.36. The first-order valence-corrected chi connectivity index (χ1v) is 5.34. The molecule has 0 saturated carbocycles. The highest BCUT2D eigenvalue weighted by molar-refractivity contribution is 5.76. The average molecular weight is 219 g/mol. The van der Waals surface area contributed by atoms with Crippen LogP contribution in [0.5, 0.6) is 6.08 Å². The van der Waals surface area contributed by atoms with Crippen molar-refractivity contribution in [1.82, 2.24) is 4.98 Å². The van der Waals surface area contributed by atoms with Crippen LogP contribution in [-0.4, -0.2) is 11.6 Å². The lowest BCUT2D eigenvalue weighted by atomic mass is 10.2. The third-order valence-electron chi connectivity index (χ3n) is 2.24. The summed E-state index contributed by atoms with van der Waals surface area (Å²) in [6.45, 7) is 2.58. The van der Waals surface area contributed by atoms with Gasteiger partial charge in [0.05, 0.1) is 17.5 Å². The van der Waals surface area contributed by atoms with E-state index in [1.165, 1.54) is 0 Å². The molecule has 1 heterocycles. The minimum atomic E-state index is -0.405. The molecule has 0 radical (unpaired) electrons. The fourth-order valence-electron chi connectivity index (χ4n) is 1.36. The van der Waals surface area contributed by atoms with E-state index in [9.17, 15) is 4.79 Å². The van der Waals surface area contributed by atoms with Crippen molar-refractivity contribution < 1.29 is 9.15 Å². The summed E-state index contributed by atoms with van der Waals surface area (Å²) in [5.74, 6) is 0. The van der Waals surface area contributed by atoms with Crippen LogP contribution in [0.3, 0.4) is 0 Å². The second-order valence-corrected chi connectivity index (χ2v) is 3.49. The van der Waals surface area contributed by atoms with Gasteiger partial charge in [0.2, 0.25) is 0 Å². The van der Waals surface area contributed by atoms with E-state index in [4.69, 9.17) is 9.15 Å². The van der Waals surface area contributed by atoms with Crippen molar-refractivity contribution in [2.24, 2.45) is 0 Å². The molecule has 0 fully saturated rings. The highest BCUT2D eigenvalue weighted by Gasteiger charge is 2.05. The number of rotatable bonds is 4. The van der Waals surface area contributed by atoms with Crippen LogP contribution in [-0.2, 0) is 0 Å². The maximum Gasteiger partial charge on any atom is 0.397 e. The first-order valence-electron chi connectivity index (χ1n) is 5.34. The molecule has 0 saturated heterocycles. The standard InChI is InChI=1S/C12H13NO3/c1-2-3-8-15-12-13-10-7-5-4-6-9(10)11(14)16-12/h4-7H,2-3,8H2,1H3. The number of fused-ring (bicyclic) bond motifs is 1. The molecule has 0 aliphatic rings. The molecule has 0 N–H and O–H groups in total. The van der Waals surface area contributed by atoms with Crippen molar-refractivity contribution in [2.45, 2.75) is 19.8 Å². The zero-order valence-electron chi connectivity index (χ0n) is 9.10. The Morgan fingerprint density at radius 1 is 1.38 bits per heavy atom. The number of para-hydroxylation sites is 1. The van der Waals surface area contributed by atoms with Gasteiger partial charge in [0.25, 0.3) is 0 Å². The van der Waals surface area contributed by atoms with E-state index in [0.29, 0.717) is 17.5 Å². The molecule has 0 spiro atoms. The van der Waals surface area contributed by atoms with E-state index in [-0.39, 0.29) is 6.08 Å². The zero-order chi connectivity index (χ0) is 11.4. The molecule has 0 atom stereocenters. The van der Waals surface area contributed by atoms with Gasteiger partial charge >= 0.3 is 11.7 Å². The number of aromatic nitrogens is 1. The van der Waals surface area contributed by atoms with Crippen LogP contribution in [0.15, 0.2) is 33.5 Å².